The van der Waals surface area contributed by atoms with Crippen LogP contribution in [0.4, 0.5) is 11.4 Å². The summed E-state index contributed by atoms with van der Waals surface area (Å²) in [7, 11) is 0. The Balaban J connectivity index is 1.83. The Kier molecular flexibility index (Phi) is 8.34. The number of carbonyl (C=O) groups is 2. The van der Waals surface area contributed by atoms with E-state index in [2.05, 4.69) is 29.8 Å². The van der Waals surface area contributed by atoms with Crippen molar-refractivity contribution in [1.82, 2.24) is 5.32 Å². The van der Waals surface area contributed by atoms with Gasteiger partial charge >= 0.3 is 0 Å². The third kappa shape index (κ3) is 7.31. The van der Waals surface area contributed by atoms with Crippen LogP contribution in [0.2, 0.25) is 0 Å². The summed E-state index contributed by atoms with van der Waals surface area (Å²) in [5.74, 6) is 0.946. The Morgan fingerprint density at radius 2 is 1.79 bits per heavy atom. The van der Waals surface area contributed by atoms with E-state index < -0.39 is 0 Å². The molecular formula is C22H29N3O3. The zero-order valence-corrected chi connectivity index (χ0v) is 16.7. The predicted octanol–water partition coefficient (Wildman–Crippen LogP) is 3.91. The molecule has 0 radical (unpaired) electrons. The van der Waals surface area contributed by atoms with Crippen molar-refractivity contribution >= 4 is 23.2 Å². The number of anilines is 2. The van der Waals surface area contributed by atoms with E-state index in [0.29, 0.717) is 30.3 Å². The summed E-state index contributed by atoms with van der Waals surface area (Å²) in [6.45, 7) is 7.61. The number of benzene rings is 2. The Hall–Kier alpha value is -3.02. The molecule has 2 aromatic carbocycles. The molecule has 150 valence electrons. The lowest BCUT2D eigenvalue weighted by Gasteiger charge is -2.11. The highest BCUT2D eigenvalue weighted by Gasteiger charge is 2.07. The first-order valence-corrected chi connectivity index (χ1v) is 9.62. The minimum atomic E-state index is -0.189. The standard InChI is InChI=1S/C22H29N3O3/c1-4-12-23-22(27)17-6-5-7-19(13-17)25-21(26)14-24-18-8-10-20(11-9-18)28-15-16(2)3/h5-11,13,16,24H,4,12,14-15H2,1-3H3,(H,23,27)(H,25,26). The molecule has 6 nitrogen and oxygen atoms in total. The molecule has 0 spiro atoms. The zero-order valence-electron chi connectivity index (χ0n) is 16.7. The van der Waals surface area contributed by atoms with Crippen LogP contribution in [0, 0.1) is 5.92 Å². The number of ether oxygens (including phenoxy) is 1. The SMILES string of the molecule is CCCNC(=O)c1cccc(NC(=O)CNc2ccc(OCC(C)C)cc2)c1. The van der Waals surface area contributed by atoms with Crippen LogP contribution >= 0.6 is 0 Å². The van der Waals surface area contributed by atoms with E-state index in [4.69, 9.17) is 4.74 Å². The average Bonchev–Trinajstić information content (AvgIpc) is 2.69. The van der Waals surface area contributed by atoms with Crippen molar-refractivity contribution in [3.8, 4) is 5.75 Å². The van der Waals surface area contributed by atoms with E-state index in [1.165, 1.54) is 0 Å². The molecule has 0 saturated carbocycles. The van der Waals surface area contributed by atoms with Gasteiger partial charge in [0.25, 0.3) is 5.91 Å². The van der Waals surface area contributed by atoms with Gasteiger partial charge in [-0.3, -0.25) is 9.59 Å². The smallest absolute Gasteiger partial charge is 0.251 e. The lowest BCUT2D eigenvalue weighted by atomic mass is 10.2. The molecular weight excluding hydrogens is 354 g/mol. The van der Waals surface area contributed by atoms with Crippen molar-refractivity contribution in [3.63, 3.8) is 0 Å². The van der Waals surface area contributed by atoms with Gasteiger partial charge in [0.15, 0.2) is 0 Å². The molecule has 0 aliphatic rings. The number of hydrogen-bond donors (Lipinski definition) is 3. The topological polar surface area (TPSA) is 79.5 Å². The molecule has 2 rings (SSSR count). The second-order valence-electron chi connectivity index (χ2n) is 6.97. The molecule has 0 saturated heterocycles. The van der Waals surface area contributed by atoms with Gasteiger partial charge in [-0.05, 0) is 54.8 Å². The number of carbonyl (C=O) groups excluding carboxylic acids is 2. The number of amides is 2. The highest BCUT2D eigenvalue weighted by Crippen LogP contribution is 2.16. The molecule has 0 bridgehead atoms. The van der Waals surface area contributed by atoms with Crippen LogP contribution in [0.1, 0.15) is 37.6 Å². The van der Waals surface area contributed by atoms with Crippen molar-refractivity contribution < 1.29 is 14.3 Å². The lowest BCUT2D eigenvalue weighted by Crippen LogP contribution is -2.24. The first kappa shape index (κ1) is 21.3. The summed E-state index contributed by atoms with van der Waals surface area (Å²) in [4.78, 5) is 24.2. The first-order chi connectivity index (χ1) is 13.5. The van der Waals surface area contributed by atoms with Crippen LogP contribution < -0.4 is 20.7 Å². The summed E-state index contributed by atoms with van der Waals surface area (Å²) in [6.07, 6.45) is 0.874. The predicted molar refractivity (Wildman–Crippen MR) is 113 cm³/mol. The van der Waals surface area contributed by atoms with E-state index in [1.54, 1.807) is 24.3 Å². The summed E-state index contributed by atoms with van der Waals surface area (Å²) in [5, 5.41) is 8.70. The van der Waals surface area contributed by atoms with Crippen molar-refractivity contribution in [2.75, 3.05) is 30.3 Å². The Labute approximate surface area is 166 Å². The molecule has 28 heavy (non-hydrogen) atoms. The fourth-order valence-electron chi connectivity index (χ4n) is 2.40. The van der Waals surface area contributed by atoms with E-state index in [0.717, 1.165) is 17.9 Å². The van der Waals surface area contributed by atoms with Crippen molar-refractivity contribution in [2.24, 2.45) is 5.92 Å². The van der Waals surface area contributed by atoms with Crippen LogP contribution in [0.3, 0.4) is 0 Å². The summed E-state index contributed by atoms with van der Waals surface area (Å²) in [5.41, 5.74) is 1.95. The van der Waals surface area contributed by atoms with Gasteiger partial charge in [0, 0.05) is 23.5 Å². The van der Waals surface area contributed by atoms with E-state index >= 15 is 0 Å². The van der Waals surface area contributed by atoms with Crippen LogP contribution in [0.15, 0.2) is 48.5 Å². The van der Waals surface area contributed by atoms with Gasteiger partial charge in [-0.25, -0.2) is 0 Å². The monoisotopic (exact) mass is 383 g/mol. The van der Waals surface area contributed by atoms with Crippen LogP contribution in [-0.2, 0) is 4.79 Å². The van der Waals surface area contributed by atoms with Gasteiger partial charge in [0.1, 0.15) is 5.75 Å². The van der Waals surface area contributed by atoms with Crippen LogP contribution in [-0.4, -0.2) is 31.5 Å². The molecule has 3 N–H and O–H groups in total. The first-order valence-electron chi connectivity index (χ1n) is 9.62. The van der Waals surface area contributed by atoms with Gasteiger partial charge < -0.3 is 20.7 Å². The molecule has 0 aliphatic heterocycles. The summed E-state index contributed by atoms with van der Waals surface area (Å²) < 4.78 is 5.64. The highest BCUT2D eigenvalue weighted by molar-refractivity contribution is 5.98. The lowest BCUT2D eigenvalue weighted by molar-refractivity contribution is -0.114. The molecule has 0 fully saturated rings. The fraction of sp³-hybridized carbons (Fsp3) is 0.364. The quantitative estimate of drug-likeness (QED) is 0.581. The van der Waals surface area contributed by atoms with Crippen molar-refractivity contribution in [2.45, 2.75) is 27.2 Å². The minimum Gasteiger partial charge on any atom is -0.493 e. The molecule has 0 unspecified atom stereocenters. The second kappa shape index (κ2) is 11.0. The van der Waals surface area contributed by atoms with E-state index in [-0.39, 0.29) is 18.4 Å². The fourth-order valence-corrected chi connectivity index (χ4v) is 2.40. The van der Waals surface area contributed by atoms with Crippen molar-refractivity contribution in [3.05, 3.63) is 54.1 Å². The maximum absolute atomic E-state index is 12.2. The third-order valence-corrected chi connectivity index (χ3v) is 3.83. The average molecular weight is 383 g/mol. The summed E-state index contributed by atoms with van der Waals surface area (Å²) in [6, 6.07) is 14.4. The number of hydrogen-bond acceptors (Lipinski definition) is 4. The molecule has 2 amide bonds. The van der Waals surface area contributed by atoms with Gasteiger partial charge in [-0.15, -0.1) is 0 Å². The Morgan fingerprint density at radius 3 is 2.46 bits per heavy atom. The van der Waals surface area contributed by atoms with Gasteiger partial charge in [0.05, 0.1) is 13.2 Å². The normalized spacial score (nSPS) is 10.4. The molecule has 0 atom stereocenters. The molecule has 0 aromatic heterocycles. The third-order valence-electron chi connectivity index (χ3n) is 3.83. The largest absolute Gasteiger partial charge is 0.493 e. The summed E-state index contributed by atoms with van der Waals surface area (Å²) >= 11 is 0. The molecule has 0 aliphatic carbocycles. The maximum Gasteiger partial charge on any atom is 0.251 e. The number of rotatable bonds is 10. The van der Waals surface area contributed by atoms with Gasteiger partial charge in [-0.2, -0.15) is 0 Å². The maximum atomic E-state index is 12.2. The van der Waals surface area contributed by atoms with E-state index in [9.17, 15) is 9.59 Å². The Bertz CT molecular complexity index is 773. The zero-order chi connectivity index (χ0) is 20.4. The van der Waals surface area contributed by atoms with Gasteiger partial charge in [0.2, 0.25) is 5.91 Å². The second-order valence-corrected chi connectivity index (χ2v) is 6.97. The highest BCUT2D eigenvalue weighted by atomic mass is 16.5. The van der Waals surface area contributed by atoms with Gasteiger partial charge in [-0.1, -0.05) is 26.8 Å². The molecule has 6 heteroatoms. The minimum absolute atomic E-state index is 0.123. The van der Waals surface area contributed by atoms with Crippen LogP contribution in [0.25, 0.3) is 0 Å². The van der Waals surface area contributed by atoms with E-state index in [1.807, 2.05) is 31.2 Å². The van der Waals surface area contributed by atoms with Crippen LogP contribution in [0.5, 0.6) is 5.75 Å². The van der Waals surface area contributed by atoms with Crippen molar-refractivity contribution in [1.29, 1.82) is 0 Å². The molecule has 2 aromatic rings. The Morgan fingerprint density at radius 1 is 1.04 bits per heavy atom. The molecule has 0 heterocycles. The number of nitrogens with one attached hydrogen (secondary N) is 3.